The van der Waals surface area contributed by atoms with Gasteiger partial charge in [-0.25, -0.2) is 0 Å². The number of aromatic nitrogens is 1. The molecular formula is C12H20N2O. The smallest absolute Gasteiger partial charge is 0.0754 e. The van der Waals surface area contributed by atoms with Gasteiger partial charge in [0.25, 0.3) is 0 Å². The predicted octanol–water partition coefficient (Wildman–Crippen LogP) is 1.74. The average molecular weight is 208 g/mol. The van der Waals surface area contributed by atoms with Crippen LogP contribution in [0, 0.1) is 13.8 Å². The van der Waals surface area contributed by atoms with Crippen LogP contribution in [-0.4, -0.2) is 17.3 Å². The highest BCUT2D eigenvalue weighted by Crippen LogP contribution is 2.19. The summed E-state index contributed by atoms with van der Waals surface area (Å²) in [6.45, 7) is 6.82. The molecule has 0 aliphatic carbocycles. The van der Waals surface area contributed by atoms with E-state index in [2.05, 4.69) is 24.5 Å². The van der Waals surface area contributed by atoms with Gasteiger partial charge in [-0.3, -0.25) is 0 Å². The van der Waals surface area contributed by atoms with Gasteiger partial charge >= 0.3 is 0 Å². The van der Waals surface area contributed by atoms with E-state index >= 15 is 0 Å². The summed E-state index contributed by atoms with van der Waals surface area (Å²) in [6, 6.07) is 2.18. The second-order valence-electron chi connectivity index (χ2n) is 4.35. The minimum atomic E-state index is 0.403. The Bertz CT molecular complexity index is 338. The molecule has 84 valence electrons. The van der Waals surface area contributed by atoms with Crippen molar-refractivity contribution in [2.45, 2.75) is 45.9 Å². The molecule has 2 rings (SSSR count). The molecule has 0 radical (unpaired) electrons. The van der Waals surface area contributed by atoms with Gasteiger partial charge in [-0.05, 0) is 38.3 Å². The summed E-state index contributed by atoms with van der Waals surface area (Å²) in [6.07, 6.45) is 2.79. The maximum atomic E-state index is 5.70. The van der Waals surface area contributed by atoms with E-state index < -0.39 is 0 Å². The summed E-state index contributed by atoms with van der Waals surface area (Å²) in [5, 5.41) is 0. The topological polar surface area (TPSA) is 40.2 Å². The van der Waals surface area contributed by atoms with Gasteiger partial charge in [0.15, 0.2) is 0 Å². The number of hydrogen-bond donors (Lipinski definition) is 1. The summed E-state index contributed by atoms with van der Waals surface area (Å²) in [4.78, 5) is 0. The average Bonchev–Trinajstić information content (AvgIpc) is 2.81. The number of rotatable bonds is 3. The van der Waals surface area contributed by atoms with Gasteiger partial charge in [-0.15, -0.1) is 0 Å². The number of nitrogens with two attached hydrogens (primary N) is 1. The van der Waals surface area contributed by atoms with Crippen molar-refractivity contribution in [2.24, 2.45) is 5.73 Å². The summed E-state index contributed by atoms with van der Waals surface area (Å²) in [5.41, 5.74) is 9.54. The monoisotopic (exact) mass is 208 g/mol. The van der Waals surface area contributed by atoms with Crippen molar-refractivity contribution < 1.29 is 4.74 Å². The summed E-state index contributed by atoms with van der Waals surface area (Å²) >= 11 is 0. The Balaban J connectivity index is 2.15. The Labute approximate surface area is 91.2 Å². The lowest BCUT2D eigenvalue weighted by Crippen LogP contribution is -2.17. The summed E-state index contributed by atoms with van der Waals surface area (Å²) in [7, 11) is 0. The lowest BCUT2D eigenvalue weighted by molar-refractivity contribution is 0.0961. The Hall–Kier alpha value is -0.800. The largest absolute Gasteiger partial charge is 0.376 e. The van der Waals surface area contributed by atoms with Crippen molar-refractivity contribution in [3.63, 3.8) is 0 Å². The van der Waals surface area contributed by atoms with Gasteiger partial charge in [0.2, 0.25) is 0 Å². The van der Waals surface area contributed by atoms with Crippen LogP contribution in [0.1, 0.15) is 29.8 Å². The van der Waals surface area contributed by atoms with E-state index in [9.17, 15) is 0 Å². The number of nitrogens with zero attached hydrogens (tertiary/aromatic N) is 1. The zero-order valence-corrected chi connectivity index (χ0v) is 9.62. The minimum absolute atomic E-state index is 0.403. The second-order valence-corrected chi connectivity index (χ2v) is 4.35. The van der Waals surface area contributed by atoms with E-state index in [0.29, 0.717) is 12.6 Å². The molecule has 1 fully saturated rings. The molecule has 1 aromatic heterocycles. The van der Waals surface area contributed by atoms with Crippen LogP contribution in [0.4, 0.5) is 0 Å². The van der Waals surface area contributed by atoms with Gasteiger partial charge in [-0.1, -0.05) is 0 Å². The van der Waals surface area contributed by atoms with Gasteiger partial charge in [0.1, 0.15) is 0 Å². The Kier molecular flexibility index (Phi) is 3.12. The third kappa shape index (κ3) is 2.08. The van der Waals surface area contributed by atoms with Crippen LogP contribution in [0.15, 0.2) is 6.07 Å². The van der Waals surface area contributed by atoms with Crippen LogP contribution in [0.5, 0.6) is 0 Å². The zero-order chi connectivity index (χ0) is 10.8. The van der Waals surface area contributed by atoms with Crippen molar-refractivity contribution >= 4 is 0 Å². The van der Waals surface area contributed by atoms with Crippen molar-refractivity contribution in [3.8, 4) is 0 Å². The summed E-state index contributed by atoms with van der Waals surface area (Å²) in [5.74, 6) is 0. The van der Waals surface area contributed by atoms with Gasteiger partial charge < -0.3 is 15.0 Å². The summed E-state index contributed by atoms with van der Waals surface area (Å²) < 4.78 is 7.99. The van der Waals surface area contributed by atoms with E-state index in [1.54, 1.807) is 0 Å². The van der Waals surface area contributed by atoms with Crippen molar-refractivity contribution in [1.29, 1.82) is 0 Å². The second kappa shape index (κ2) is 4.37. The molecule has 2 N–H and O–H groups in total. The molecule has 15 heavy (non-hydrogen) atoms. The first-order valence-electron chi connectivity index (χ1n) is 5.69. The molecule has 1 saturated heterocycles. The number of ether oxygens (including phenoxy) is 1. The molecule has 0 aromatic carbocycles. The molecule has 1 unspecified atom stereocenters. The fourth-order valence-corrected chi connectivity index (χ4v) is 2.35. The molecule has 1 aliphatic heterocycles. The first kappa shape index (κ1) is 10.7. The zero-order valence-electron chi connectivity index (χ0n) is 9.62. The normalized spacial score (nSPS) is 21.1. The van der Waals surface area contributed by atoms with Gasteiger partial charge in [0.05, 0.1) is 6.10 Å². The van der Waals surface area contributed by atoms with E-state index in [-0.39, 0.29) is 0 Å². The fraction of sp³-hybridized carbons (Fsp3) is 0.667. The van der Waals surface area contributed by atoms with E-state index in [4.69, 9.17) is 10.5 Å². The highest BCUT2D eigenvalue weighted by atomic mass is 16.5. The quantitative estimate of drug-likeness (QED) is 0.822. The highest BCUT2D eigenvalue weighted by molar-refractivity contribution is 5.26. The van der Waals surface area contributed by atoms with Gasteiger partial charge in [-0.2, -0.15) is 0 Å². The molecule has 2 heterocycles. The highest BCUT2D eigenvalue weighted by Gasteiger charge is 2.18. The van der Waals surface area contributed by atoms with E-state index in [0.717, 1.165) is 13.2 Å². The molecule has 0 amide bonds. The lowest BCUT2D eigenvalue weighted by atomic mass is 10.2. The van der Waals surface area contributed by atoms with Crippen LogP contribution >= 0.6 is 0 Å². The first-order valence-corrected chi connectivity index (χ1v) is 5.69. The Morgan fingerprint density at radius 1 is 1.53 bits per heavy atom. The molecule has 0 bridgehead atoms. The Morgan fingerprint density at radius 2 is 2.33 bits per heavy atom. The molecule has 0 spiro atoms. The van der Waals surface area contributed by atoms with Crippen LogP contribution in [0.3, 0.4) is 0 Å². The Morgan fingerprint density at radius 3 is 2.87 bits per heavy atom. The number of hydrogen-bond acceptors (Lipinski definition) is 2. The van der Waals surface area contributed by atoms with E-state index in [1.807, 2.05) is 0 Å². The molecule has 0 saturated carbocycles. The molecule has 1 aliphatic rings. The van der Waals surface area contributed by atoms with Gasteiger partial charge in [0, 0.05) is 31.1 Å². The lowest BCUT2D eigenvalue weighted by Gasteiger charge is -2.14. The number of aryl methyl sites for hydroxylation is 1. The standard InChI is InChI=1S/C12H20N2O/c1-9-6-11(7-13)10(2)14(9)8-12-4-3-5-15-12/h6,12H,3-5,7-8,13H2,1-2H3. The van der Waals surface area contributed by atoms with E-state index in [1.165, 1.54) is 29.8 Å². The van der Waals surface area contributed by atoms with Crippen molar-refractivity contribution in [3.05, 3.63) is 23.0 Å². The van der Waals surface area contributed by atoms with Crippen molar-refractivity contribution in [1.82, 2.24) is 4.57 Å². The molecule has 1 aromatic rings. The maximum Gasteiger partial charge on any atom is 0.0754 e. The third-order valence-corrected chi connectivity index (χ3v) is 3.31. The SMILES string of the molecule is Cc1cc(CN)c(C)n1CC1CCCO1. The predicted molar refractivity (Wildman–Crippen MR) is 60.8 cm³/mol. The molecule has 3 nitrogen and oxygen atoms in total. The first-order chi connectivity index (χ1) is 7.22. The van der Waals surface area contributed by atoms with Crippen LogP contribution < -0.4 is 5.73 Å². The van der Waals surface area contributed by atoms with Crippen LogP contribution in [0.25, 0.3) is 0 Å². The van der Waals surface area contributed by atoms with Crippen molar-refractivity contribution in [2.75, 3.05) is 6.61 Å². The third-order valence-electron chi connectivity index (χ3n) is 3.31. The fourth-order valence-electron chi connectivity index (χ4n) is 2.35. The minimum Gasteiger partial charge on any atom is -0.376 e. The maximum absolute atomic E-state index is 5.70. The van der Waals surface area contributed by atoms with Crippen LogP contribution in [0.2, 0.25) is 0 Å². The molecule has 1 atom stereocenters. The molecule has 3 heteroatoms. The molecular weight excluding hydrogens is 188 g/mol. The van der Waals surface area contributed by atoms with Crippen LogP contribution in [-0.2, 0) is 17.8 Å².